The lowest BCUT2D eigenvalue weighted by molar-refractivity contribution is -0.117. The van der Waals surface area contributed by atoms with Gasteiger partial charge in [-0.2, -0.15) is 5.10 Å². The number of benzene rings is 1. The first kappa shape index (κ1) is 17.2. The lowest BCUT2D eigenvalue weighted by Crippen LogP contribution is -2.29. The van der Waals surface area contributed by atoms with E-state index in [0.717, 1.165) is 17.8 Å². The zero-order valence-corrected chi connectivity index (χ0v) is 14.4. The number of carbonyl (C=O) groups excluding carboxylic acids is 1. The summed E-state index contributed by atoms with van der Waals surface area (Å²) in [6, 6.07) is 8.03. The van der Waals surface area contributed by atoms with Crippen LogP contribution in [0, 0.1) is 0 Å². The average Bonchev–Trinajstić information content (AvgIpc) is 2.95. The van der Waals surface area contributed by atoms with E-state index in [4.69, 9.17) is 0 Å². The molecule has 1 amide bonds. The number of anilines is 1. The average molecular weight is 314 g/mol. The Morgan fingerprint density at radius 2 is 2.00 bits per heavy atom. The first-order chi connectivity index (χ1) is 11.0. The van der Waals surface area contributed by atoms with E-state index < -0.39 is 0 Å². The Bertz CT molecular complexity index is 631. The van der Waals surface area contributed by atoms with Gasteiger partial charge < -0.3 is 5.32 Å². The minimum atomic E-state index is -0.00678. The lowest BCUT2D eigenvalue weighted by atomic mass is 10.0. The van der Waals surface area contributed by atoms with Crippen molar-refractivity contribution in [2.24, 2.45) is 0 Å². The Kier molecular flexibility index (Phi) is 5.93. The fourth-order valence-corrected chi connectivity index (χ4v) is 2.43. The highest BCUT2D eigenvalue weighted by Gasteiger charge is 2.09. The smallest absolute Gasteiger partial charge is 0.238 e. The molecule has 0 aliphatic heterocycles. The zero-order valence-electron chi connectivity index (χ0n) is 14.4. The summed E-state index contributed by atoms with van der Waals surface area (Å²) in [6.45, 7) is 8.28. The van der Waals surface area contributed by atoms with E-state index in [1.165, 1.54) is 5.56 Å². The van der Waals surface area contributed by atoms with Crippen molar-refractivity contribution >= 4 is 11.6 Å². The van der Waals surface area contributed by atoms with E-state index in [1.54, 1.807) is 0 Å². The van der Waals surface area contributed by atoms with E-state index in [9.17, 15) is 4.79 Å². The molecule has 0 bridgehead atoms. The SMILES string of the molecule is CCn1cc(CN(C)CC(=O)Nc2ccc(C(C)C)cc2)cn1. The maximum Gasteiger partial charge on any atom is 0.238 e. The van der Waals surface area contributed by atoms with E-state index in [-0.39, 0.29) is 5.91 Å². The molecule has 0 radical (unpaired) electrons. The van der Waals surface area contributed by atoms with Crippen LogP contribution < -0.4 is 5.32 Å². The van der Waals surface area contributed by atoms with Crippen molar-refractivity contribution in [1.29, 1.82) is 0 Å². The Balaban J connectivity index is 1.83. The third-order valence-electron chi connectivity index (χ3n) is 3.74. The largest absolute Gasteiger partial charge is 0.325 e. The van der Waals surface area contributed by atoms with Gasteiger partial charge >= 0.3 is 0 Å². The zero-order chi connectivity index (χ0) is 16.8. The van der Waals surface area contributed by atoms with Crippen molar-refractivity contribution in [1.82, 2.24) is 14.7 Å². The first-order valence-electron chi connectivity index (χ1n) is 8.07. The van der Waals surface area contributed by atoms with Crippen molar-refractivity contribution in [2.75, 3.05) is 18.9 Å². The van der Waals surface area contributed by atoms with Crippen LogP contribution >= 0.6 is 0 Å². The predicted molar refractivity (Wildman–Crippen MR) is 93.4 cm³/mol. The molecule has 5 heteroatoms. The van der Waals surface area contributed by atoms with Gasteiger partial charge in [0.25, 0.3) is 0 Å². The summed E-state index contributed by atoms with van der Waals surface area (Å²) in [7, 11) is 1.94. The molecular formula is C18H26N4O. The summed E-state index contributed by atoms with van der Waals surface area (Å²) in [5, 5.41) is 7.19. The van der Waals surface area contributed by atoms with Gasteiger partial charge in [-0.3, -0.25) is 14.4 Å². The van der Waals surface area contributed by atoms with Gasteiger partial charge in [-0.1, -0.05) is 26.0 Å². The second kappa shape index (κ2) is 7.92. The van der Waals surface area contributed by atoms with Crippen LogP contribution in [0.2, 0.25) is 0 Å². The Morgan fingerprint density at radius 3 is 2.57 bits per heavy atom. The van der Waals surface area contributed by atoms with Crippen LogP contribution in [0.3, 0.4) is 0 Å². The monoisotopic (exact) mass is 314 g/mol. The van der Waals surface area contributed by atoms with Gasteiger partial charge in [0, 0.05) is 30.5 Å². The van der Waals surface area contributed by atoms with Gasteiger partial charge in [0.15, 0.2) is 0 Å². The number of nitrogens with zero attached hydrogens (tertiary/aromatic N) is 3. The number of rotatable bonds is 7. The van der Waals surface area contributed by atoms with Gasteiger partial charge in [0.1, 0.15) is 0 Å². The molecule has 124 valence electrons. The Labute approximate surface area is 138 Å². The number of hydrogen-bond donors (Lipinski definition) is 1. The van der Waals surface area contributed by atoms with Gasteiger partial charge in [-0.05, 0) is 37.6 Å². The van der Waals surface area contributed by atoms with Crippen molar-refractivity contribution in [3.8, 4) is 0 Å². The van der Waals surface area contributed by atoms with Crippen molar-refractivity contribution < 1.29 is 4.79 Å². The second-order valence-electron chi connectivity index (χ2n) is 6.20. The Hall–Kier alpha value is -2.14. The number of aromatic nitrogens is 2. The molecule has 0 aliphatic rings. The summed E-state index contributed by atoms with van der Waals surface area (Å²) < 4.78 is 1.89. The number of nitrogens with one attached hydrogen (secondary N) is 1. The molecule has 1 aromatic carbocycles. The molecule has 2 aromatic rings. The molecule has 1 heterocycles. The van der Waals surface area contributed by atoms with Crippen LogP contribution in [0.4, 0.5) is 5.69 Å². The summed E-state index contributed by atoms with van der Waals surface area (Å²) in [6.07, 6.45) is 3.86. The van der Waals surface area contributed by atoms with Gasteiger partial charge in [-0.15, -0.1) is 0 Å². The molecule has 0 saturated heterocycles. The van der Waals surface area contributed by atoms with Crippen LogP contribution in [-0.4, -0.2) is 34.2 Å². The lowest BCUT2D eigenvalue weighted by Gasteiger charge is -2.15. The molecule has 1 N–H and O–H groups in total. The summed E-state index contributed by atoms with van der Waals surface area (Å²) in [4.78, 5) is 14.1. The number of carbonyl (C=O) groups is 1. The fourth-order valence-electron chi connectivity index (χ4n) is 2.43. The summed E-state index contributed by atoms with van der Waals surface area (Å²) in [5.41, 5.74) is 3.23. The maximum absolute atomic E-state index is 12.1. The van der Waals surface area contributed by atoms with E-state index in [2.05, 4.69) is 43.3 Å². The molecule has 0 atom stereocenters. The molecule has 0 saturated carbocycles. The summed E-state index contributed by atoms with van der Waals surface area (Å²) in [5.74, 6) is 0.489. The first-order valence-corrected chi connectivity index (χ1v) is 8.07. The van der Waals surface area contributed by atoms with E-state index in [0.29, 0.717) is 19.0 Å². The third-order valence-corrected chi connectivity index (χ3v) is 3.74. The topological polar surface area (TPSA) is 50.2 Å². The van der Waals surface area contributed by atoms with Crippen LogP contribution in [0.1, 0.15) is 37.8 Å². The molecule has 2 rings (SSSR count). The van der Waals surface area contributed by atoms with E-state index >= 15 is 0 Å². The highest BCUT2D eigenvalue weighted by atomic mass is 16.2. The number of hydrogen-bond acceptors (Lipinski definition) is 3. The Morgan fingerprint density at radius 1 is 1.30 bits per heavy atom. The number of amides is 1. The minimum absolute atomic E-state index is 0.00678. The van der Waals surface area contributed by atoms with E-state index in [1.807, 2.05) is 41.2 Å². The van der Waals surface area contributed by atoms with Crippen LogP contribution in [-0.2, 0) is 17.9 Å². The number of aryl methyl sites for hydroxylation is 1. The molecule has 0 aliphatic carbocycles. The van der Waals surface area contributed by atoms with Gasteiger partial charge in [0.2, 0.25) is 5.91 Å². The molecule has 5 nitrogen and oxygen atoms in total. The van der Waals surface area contributed by atoms with Gasteiger partial charge in [0.05, 0.1) is 12.7 Å². The van der Waals surface area contributed by atoms with Crippen LogP contribution in [0.15, 0.2) is 36.7 Å². The fraction of sp³-hybridized carbons (Fsp3) is 0.444. The highest BCUT2D eigenvalue weighted by molar-refractivity contribution is 5.92. The standard InChI is InChI=1S/C18H26N4O/c1-5-22-12-15(10-19-22)11-21(4)13-18(23)20-17-8-6-16(7-9-17)14(2)3/h6-10,12,14H,5,11,13H2,1-4H3,(H,20,23). The van der Waals surface area contributed by atoms with Crippen molar-refractivity contribution in [3.63, 3.8) is 0 Å². The third kappa shape index (κ3) is 5.21. The quantitative estimate of drug-likeness (QED) is 0.854. The normalized spacial score (nSPS) is 11.2. The van der Waals surface area contributed by atoms with Crippen LogP contribution in [0.25, 0.3) is 0 Å². The maximum atomic E-state index is 12.1. The number of likely N-dealkylation sites (N-methyl/N-ethyl adjacent to an activating group) is 1. The minimum Gasteiger partial charge on any atom is -0.325 e. The predicted octanol–water partition coefficient (Wildman–Crippen LogP) is 3.10. The highest BCUT2D eigenvalue weighted by Crippen LogP contribution is 2.17. The molecule has 0 unspecified atom stereocenters. The molecular weight excluding hydrogens is 288 g/mol. The van der Waals surface area contributed by atoms with Gasteiger partial charge in [-0.25, -0.2) is 0 Å². The molecule has 0 fully saturated rings. The second-order valence-corrected chi connectivity index (χ2v) is 6.20. The van der Waals surface area contributed by atoms with Crippen LogP contribution in [0.5, 0.6) is 0 Å². The van der Waals surface area contributed by atoms with Crippen molar-refractivity contribution in [3.05, 3.63) is 47.8 Å². The molecule has 23 heavy (non-hydrogen) atoms. The van der Waals surface area contributed by atoms with Crippen molar-refractivity contribution in [2.45, 2.75) is 39.8 Å². The summed E-state index contributed by atoms with van der Waals surface area (Å²) >= 11 is 0. The molecule has 0 spiro atoms. The molecule has 1 aromatic heterocycles.